The second kappa shape index (κ2) is 6.39. The van der Waals surface area contributed by atoms with Gasteiger partial charge in [-0.3, -0.25) is 4.79 Å². The molecule has 17 heavy (non-hydrogen) atoms. The maximum absolute atomic E-state index is 12.0. The average molecular weight is 238 g/mol. The van der Waals surface area contributed by atoms with Crippen LogP contribution in [0.3, 0.4) is 0 Å². The Kier molecular flexibility index (Phi) is 4.84. The van der Waals surface area contributed by atoms with Crippen molar-refractivity contribution in [3.05, 3.63) is 0 Å². The Labute approximate surface area is 105 Å². The fourth-order valence-corrected chi connectivity index (χ4v) is 3.12. The van der Waals surface area contributed by atoms with Crippen LogP contribution in [0, 0.1) is 11.8 Å². The normalized spacial score (nSPS) is 34.3. The molecule has 2 N–H and O–H groups in total. The second-order valence-electron chi connectivity index (χ2n) is 5.85. The van der Waals surface area contributed by atoms with E-state index in [0.717, 1.165) is 25.9 Å². The molecule has 3 atom stereocenters. The summed E-state index contributed by atoms with van der Waals surface area (Å²) in [5.74, 6) is 1.50. The van der Waals surface area contributed by atoms with E-state index in [1.807, 2.05) is 0 Å². The number of carbonyl (C=O) groups excluding carboxylic acids is 1. The molecular formula is C14H26N2O. The molecule has 1 saturated heterocycles. The second-order valence-corrected chi connectivity index (χ2v) is 5.85. The van der Waals surface area contributed by atoms with Crippen molar-refractivity contribution in [3.8, 4) is 0 Å². The zero-order valence-electron chi connectivity index (χ0n) is 11.0. The van der Waals surface area contributed by atoms with Gasteiger partial charge in [-0.1, -0.05) is 26.2 Å². The van der Waals surface area contributed by atoms with Crippen LogP contribution < -0.4 is 10.6 Å². The lowest BCUT2D eigenvalue weighted by Crippen LogP contribution is -2.39. The van der Waals surface area contributed by atoms with Gasteiger partial charge in [0.25, 0.3) is 0 Å². The Morgan fingerprint density at radius 2 is 2.06 bits per heavy atom. The van der Waals surface area contributed by atoms with Gasteiger partial charge < -0.3 is 10.6 Å². The molecule has 0 radical (unpaired) electrons. The van der Waals surface area contributed by atoms with Gasteiger partial charge in [-0.15, -0.1) is 0 Å². The van der Waals surface area contributed by atoms with Gasteiger partial charge in [-0.25, -0.2) is 0 Å². The lowest BCUT2D eigenvalue weighted by molar-refractivity contribution is -0.123. The van der Waals surface area contributed by atoms with Crippen molar-refractivity contribution in [1.29, 1.82) is 0 Å². The molecule has 1 aliphatic heterocycles. The first-order valence-corrected chi connectivity index (χ1v) is 7.26. The molecule has 2 aliphatic rings. The van der Waals surface area contributed by atoms with E-state index in [2.05, 4.69) is 17.6 Å². The monoisotopic (exact) mass is 238 g/mol. The summed E-state index contributed by atoms with van der Waals surface area (Å²) in [6.45, 7) is 4.39. The molecular weight excluding hydrogens is 212 g/mol. The molecule has 3 nitrogen and oxygen atoms in total. The standard InChI is InChI=1S/C14H26N2O/c1-11-5-3-2-4-6-13(11)16-14(17)9-12-7-8-15-10-12/h11-13,15H,2-10H2,1H3,(H,16,17). The molecule has 0 spiro atoms. The summed E-state index contributed by atoms with van der Waals surface area (Å²) in [5.41, 5.74) is 0. The van der Waals surface area contributed by atoms with E-state index in [1.165, 1.54) is 32.1 Å². The van der Waals surface area contributed by atoms with E-state index < -0.39 is 0 Å². The Bertz CT molecular complexity index is 249. The Balaban J connectivity index is 1.75. The number of carbonyl (C=O) groups is 1. The molecule has 1 amide bonds. The molecule has 3 unspecified atom stereocenters. The number of hydrogen-bond donors (Lipinski definition) is 2. The van der Waals surface area contributed by atoms with E-state index in [1.54, 1.807) is 0 Å². The highest BCUT2D eigenvalue weighted by molar-refractivity contribution is 5.76. The summed E-state index contributed by atoms with van der Waals surface area (Å²) in [6.07, 6.45) is 8.28. The Morgan fingerprint density at radius 1 is 1.24 bits per heavy atom. The quantitative estimate of drug-likeness (QED) is 0.739. The summed E-state index contributed by atoms with van der Waals surface area (Å²) in [6, 6.07) is 0.430. The van der Waals surface area contributed by atoms with Gasteiger partial charge in [0.1, 0.15) is 0 Å². The molecule has 1 saturated carbocycles. The van der Waals surface area contributed by atoms with Gasteiger partial charge in [0.15, 0.2) is 0 Å². The van der Waals surface area contributed by atoms with Crippen LogP contribution in [0.4, 0.5) is 0 Å². The highest BCUT2D eigenvalue weighted by atomic mass is 16.1. The molecule has 0 bridgehead atoms. The first kappa shape index (κ1) is 12.9. The van der Waals surface area contributed by atoms with E-state index >= 15 is 0 Å². The average Bonchev–Trinajstić information content (AvgIpc) is 2.71. The molecule has 98 valence electrons. The fraction of sp³-hybridized carbons (Fsp3) is 0.929. The molecule has 0 aromatic heterocycles. The van der Waals surface area contributed by atoms with Crippen LogP contribution in [0.25, 0.3) is 0 Å². The third-order valence-corrected chi connectivity index (χ3v) is 4.34. The predicted molar refractivity (Wildman–Crippen MR) is 69.8 cm³/mol. The number of hydrogen-bond acceptors (Lipinski definition) is 2. The van der Waals surface area contributed by atoms with Gasteiger partial charge in [0.2, 0.25) is 5.91 Å². The topological polar surface area (TPSA) is 41.1 Å². The van der Waals surface area contributed by atoms with Gasteiger partial charge in [0.05, 0.1) is 0 Å². The molecule has 2 rings (SSSR count). The molecule has 0 aromatic carbocycles. The third-order valence-electron chi connectivity index (χ3n) is 4.34. The highest BCUT2D eigenvalue weighted by Gasteiger charge is 2.23. The van der Waals surface area contributed by atoms with Crippen LogP contribution in [0.5, 0.6) is 0 Å². The Morgan fingerprint density at radius 3 is 2.82 bits per heavy atom. The lowest BCUT2D eigenvalue weighted by Gasteiger charge is -2.23. The molecule has 3 heteroatoms. The van der Waals surface area contributed by atoms with Crippen LogP contribution in [0.2, 0.25) is 0 Å². The zero-order valence-corrected chi connectivity index (χ0v) is 11.0. The third kappa shape index (κ3) is 3.98. The minimum Gasteiger partial charge on any atom is -0.353 e. The number of amides is 1. The van der Waals surface area contributed by atoms with Crippen LogP contribution in [-0.4, -0.2) is 25.0 Å². The van der Waals surface area contributed by atoms with Crippen molar-refractivity contribution >= 4 is 5.91 Å². The van der Waals surface area contributed by atoms with Crippen LogP contribution in [-0.2, 0) is 4.79 Å². The Hall–Kier alpha value is -0.570. The highest BCUT2D eigenvalue weighted by Crippen LogP contribution is 2.23. The maximum Gasteiger partial charge on any atom is 0.220 e. The number of rotatable bonds is 3. The SMILES string of the molecule is CC1CCCCCC1NC(=O)CC1CCNC1. The first-order valence-electron chi connectivity index (χ1n) is 7.26. The van der Waals surface area contributed by atoms with Crippen molar-refractivity contribution in [3.63, 3.8) is 0 Å². The largest absolute Gasteiger partial charge is 0.353 e. The molecule has 0 aromatic rings. The van der Waals surface area contributed by atoms with Gasteiger partial charge in [-0.05, 0) is 44.2 Å². The van der Waals surface area contributed by atoms with E-state index in [0.29, 0.717) is 17.9 Å². The molecule has 1 heterocycles. The van der Waals surface area contributed by atoms with Crippen LogP contribution >= 0.6 is 0 Å². The summed E-state index contributed by atoms with van der Waals surface area (Å²) >= 11 is 0. The fourth-order valence-electron chi connectivity index (χ4n) is 3.12. The van der Waals surface area contributed by atoms with Crippen molar-refractivity contribution in [1.82, 2.24) is 10.6 Å². The van der Waals surface area contributed by atoms with Crippen molar-refractivity contribution in [2.45, 2.75) is 57.9 Å². The van der Waals surface area contributed by atoms with Crippen LogP contribution in [0.15, 0.2) is 0 Å². The summed E-state index contributed by atoms with van der Waals surface area (Å²) in [7, 11) is 0. The van der Waals surface area contributed by atoms with Gasteiger partial charge >= 0.3 is 0 Å². The summed E-state index contributed by atoms with van der Waals surface area (Å²) in [5, 5.41) is 6.59. The molecule has 1 aliphatic carbocycles. The van der Waals surface area contributed by atoms with Crippen molar-refractivity contribution < 1.29 is 4.79 Å². The molecule has 2 fully saturated rings. The smallest absolute Gasteiger partial charge is 0.220 e. The van der Waals surface area contributed by atoms with Crippen LogP contribution in [0.1, 0.15) is 51.9 Å². The minimum atomic E-state index is 0.275. The summed E-state index contributed by atoms with van der Waals surface area (Å²) in [4.78, 5) is 12.0. The minimum absolute atomic E-state index is 0.275. The summed E-state index contributed by atoms with van der Waals surface area (Å²) < 4.78 is 0. The van der Waals surface area contributed by atoms with E-state index in [4.69, 9.17) is 0 Å². The predicted octanol–water partition coefficient (Wildman–Crippen LogP) is 2.07. The zero-order chi connectivity index (χ0) is 12.1. The lowest BCUT2D eigenvalue weighted by atomic mass is 9.96. The van der Waals surface area contributed by atoms with Gasteiger partial charge in [-0.2, -0.15) is 0 Å². The first-order chi connectivity index (χ1) is 8.25. The van der Waals surface area contributed by atoms with Crippen molar-refractivity contribution in [2.75, 3.05) is 13.1 Å². The van der Waals surface area contributed by atoms with E-state index in [9.17, 15) is 4.79 Å². The van der Waals surface area contributed by atoms with Crippen molar-refractivity contribution in [2.24, 2.45) is 11.8 Å². The maximum atomic E-state index is 12.0. The van der Waals surface area contributed by atoms with Gasteiger partial charge in [0, 0.05) is 12.5 Å². The van der Waals surface area contributed by atoms with E-state index in [-0.39, 0.29) is 5.91 Å². The number of nitrogens with one attached hydrogen (secondary N) is 2.